The summed E-state index contributed by atoms with van der Waals surface area (Å²) in [6.07, 6.45) is 11.1. The van der Waals surface area contributed by atoms with Crippen molar-refractivity contribution in [1.29, 1.82) is 0 Å². The van der Waals surface area contributed by atoms with Crippen molar-refractivity contribution in [3.05, 3.63) is 35.5 Å². The van der Waals surface area contributed by atoms with Gasteiger partial charge in [0, 0.05) is 12.3 Å². The van der Waals surface area contributed by atoms with Gasteiger partial charge < -0.3 is 10.2 Å². The van der Waals surface area contributed by atoms with Crippen LogP contribution in [0.25, 0.3) is 0 Å². The summed E-state index contributed by atoms with van der Waals surface area (Å²) < 4.78 is 30.3. The Morgan fingerprint density at radius 1 is 1.16 bits per heavy atom. The Balaban J connectivity index is 1.77. The zero-order valence-corrected chi connectivity index (χ0v) is 19.9. The number of rotatable bonds is 6. The molecule has 0 aromatic rings. The first kappa shape index (κ1) is 24.6. The van der Waals surface area contributed by atoms with E-state index in [0.717, 1.165) is 56.1 Å². The van der Waals surface area contributed by atoms with Gasteiger partial charge in [0.05, 0.1) is 11.7 Å². The molecule has 0 spiro atoms. The molecule has 3 saturated carbocycles. The Kier molecular flexibility index (Phi) is 7.23. The fourth-order valence-electron chi connectivity index (χ4n) is 6.49. The number of alkyl halides is 2. The summed E-state index contributed by atoms with van der Waals surface area (Å²) in [6, 6.07) is 0. The van der Waals surface area contributed by atoms with Crippen LogP contribution < -0.4 is 0 Å². The molecule has 3 rings (SSSR count). The monoisotopic (exact) mass is 436 g/mol. The molecule has 31 heavy (non-hydrogen) atoms. The van der Waals surface area contributed by atoms with Gasteiger partial charge >= 0.3 is 0 Å². The van der Waals surface area contributed by atoms with E-state index >= 15 is 8.78 Å². The summed E-state index contributed by atoms with van der Waals surface area (Å²) in [7, 11) is 0. The molecule has 4 heteroatoms. The highest BCUT2D eigenvalue weighted by Gasteiger charge is 2.55. The molecule has 0 aliphatic heterocycles. The fraction of sp³-hybridized carbons (Fsp3) is 0.778. The third-order valence-electron chi connectivity index (χ3n) is 8.57. The minimum Gasteiger partial charge on any atom is -0.393 e. The van der Waals surface area contributed by atoms with E-state index in [1.165, 1.54) is 5.57 Å². The second-order valence-electron chi connectivity index (χ2n) is 11.4. The lowest BCUT2D eigenvalue weighted by Gasteiger charge is -2.46. The number of fused-ring (bicyclic) bond motifs is 1. The summed E-state index contributed by atoms with van der Waals surface area (Å²) >= 11 is 0. The summed E-state index contributed by atoms with van der Waals surface area (Å²) in [5, 5.41) is 19.9. The molecule has 176 valence electrons. The van der Waals surface area contributed by atoms with Crippen molar-refractivity contribution in [3.8, 4) is 0 Å². The van der Waals surface area contributed by atoms with Crippen LogP contribution in [0.2, 0.25) is 0 Å². The van der Waals surface area contributed by atoms with E-state index in [2.05, 4.69) is 25.7 Å². The highest BCUT2D eigenvalue weighted by Crippen LogP contribution is 2.61. The Morgan fingerprint density at radius 2 is 1.87 bits per heavy atom. The molecule has 0 amide bonds. The summed E-state index contributed by atoms with van der Waals surface area (Å²) in [5.74, 6) is -3.09. The SMILES string of the molecule is C=C1CC[C@H](O)C/C1=C/C=C1\CCC[C@]2(C)[C@@H]([C@H](C)C(F)(F)CCC(C)(C)O)CC[C@@H]12. The first-order valence-corrected chi connectivity index (χ1v) is 12.2. The van der Waals surface area contributed by atoms with Crippen LogP contribution in [0.5, 0.6) is 0 Å². The minimum atomic E-state index is -2.76. The molecular formula is C27H42F2O2. The first-order chi connectivity index (χ1) is 14.3. The number of hydrogen-bond donors (Lipinski definition) is 2. The standard InChI is InChI=1S/C27H42F2O2/c1-18-8-11-22(30)17-21(18)10-9-20-7-6-14-26(5)23(12-13-24(20)26)19(2)27(28,29)16-15-25(3,4)31/h9-10,19,22-24,30-31H,1,6-8,11-17H2,2-5H3/b20-9+,21-10-/t19-,22-,23+,24-,26+/m0/s1. The van der Waals surface area contributed by atoms with Crippen molar-refractivity contribution in [2.45, 2.75) is 110 Å². The second-order valence-corrected chi connectivity index (χ2v) is 11.4. The van der Waals surface area contributed by atoms with Gasteiger partial charge in [-0.15, -0.1) is 0 Å². The molecule has 0 bridgehead atoms. The second kappa shape index (κ2) is 9.09. The number of hydrogen-bond acceptors (Lipinski definition) is 2. The van der Waals surface area contributed by atoms with Crippen molar-refractivity contribution in [2.75, 3.05) is 0 Å². The zero-order valence-electron chi connectivity index (χ0n) is 19.9. The van der Waals surface area contributed by atoms with Gasteiger partial charge in [-0.25, -0.2) is 8.78 Å². The molecule has 3 fully saturated rings. The van der Waals surface area contributed by atoms with Crippen LogP contribution in [0, 0.1) is 23.2 Å². The van der Waals surface area contributed by atoms with Gasteiger partial charge in [-0.05, 0) is 94.5 Å². The highest BCUT2D eigenvalue weighted by atomic mass is 19.3. The van der Waals surface area contributed by atoms with Crippen LogP contribution in [0.4, 0.5) is 8.78 Å². The third kappa shape index (κ3) is 5.50. The molecule has 3 aliphatic rings. The summed E-state index contributed by atoms with van der Waals surface area (Å²) in [6.45, 7) is 11.3. The van der Waals surface area contributed by atoms with E-state index < -0.39 is 17.4 Å². The van der Waals surface area contributed by atoms with E-state index in [1.54, 1.807) is 20.8 Å². The smallest absolute Gasteiger partial charge is 0.251 e. The van der Waals surface area contributed by atoms with Crippen molar-refractivity contribution in [1.82, 2.24) is 0 Å². The molecule has 0 radical (unpaired) electrons. The Labute approximate surface area is 187 Å². The molecule has 5 atom stereocenters. The molecule has 0 saturated heterocycles. The highest BCUT2D eigenvalue weighted by molar-refractivity contribution is 5.36. The van der Waals surface area contributed by atoms with Crippen molar-refractivity contribution in [2.24, 2.45) is 23.2 Å². The maximum Gasteiger partial charge on any atom is 0.251 e. The fourth-order valence-corrected chi connectivity index (χ4v) is 6.49. The van der Waals surface area contributed by atoms with Crippen LogP contribution >= 0.6 is 0 Å². The maximum absolute atomic E-state index is 15.1. The van der Waals surface area contributed by atoms with Crippen LogP contribution in [0.15, 0.2) is 35.5 Å². The molecule has 0 aromatic heterocycles. The van der Waals surface area contributed by atoms with Gasteiger partial charge in [0.2, 0.25) is 0 Å². The molecule has 0 unspecified atom stereocenters. The molecule has 2 nitrogen and oxygen atoms in total. The predicted molar refractivity (Wildman–Crippen MR) is 123 cm³/mol. The average molecular weight is 437 g/mol. The van der Waals surface area contributed by atoms with Crippen molar-refractivity contribution in [3.63, 3.8) is 0 Å². The Bertz CT molecular complexity index is 730. The predicted octanol–water partition coefficient (Wildman–Crippen LogP) is 6.98. The van der Waals surface area contributed by atoms with Crippen LogP contribution in [-0.2, 0) is 0 Å². The van der Waals surface area contributed by atoms with Gasteiger partial charge in [-0.3, -0.25) is 0 Å². The molecule has 0 aromatic carbocycles. The van der Waals surface area contributed by atoms with Gasteiger partial charge in [0.1, 0.15) is 0 Å². The lowest BCUT2D eigenvalue weighted by Crippen LogP contribution is -2.42. The summed E-state index contributed by atoms with van der Waals surface area (Å²) in [4.78, 5) is 0. The van der Waals surface area contributed by atoms with Gasteiger partial charge in [-0.2, -0.15) is 0 Å². The molecule has 3 aliphatic carbocycles. The van der Waals surface area contributed by atoms with E-state index in [0.29, 0.717) is 12.3 Å². The lowest BCUT2D eigenvalue weighted by molar-refractivity contribution is -0.111. The topological polar surface area (TPSA) is 40.5 Å². The summed E-state index contributed by atoms with van der Waals surface area (Å²) in [5.41, 5.74) is 2.49. The van der Waals surface area contributed by atoms with E-state index in [-0.39, 0.29) is 30.3 Å². The van der Waals surface area contributed by atoms with Crippen molar-refractivity contribution < 1.29 is 19.0 Å². The molecular weight excluding hydrogens is 394 g/mol. The Morgan fingerprint density at radius 3 is 2.55 bits per heavy atom. The average Bonchev–Trinajstić information content (AvgIpc) is 3.03. The van der Waals surface area contributed by atoms with Gasteiger partial charge in [0.15, 0.2) is 0 Å². The van der Waals surface area contributed by atoms with Crippen LogP contribution in [-0.4, -0.2) is 27.8 Å². The largest absolute Gasteiger partial charge is 0.393 e. The minimum absolute atomic E-state index is 0.00266. The first-order valence-electron chi connectivity index (χ1n) is 12.2. The van der Waals surface area contributed by atoms with E-state index in [1.807, 2.05) is 0 Å². The Hall–Kier alpha value is -1.00. The van der Waals surface area contributed by atoms with Gasteiger partial charge in [-0.1, -0.05) is 43.7 Å². The van der Waals surface area contributed by atoms with Crippen LogP contribution in [0.1, 0.15) is 91.9 Å². The normalized spacial score (nSPS) is 36.1. The number of allylic oxidation sites excluding steroid dienone is 4. The van der Waals surface area contributed by atoms with E-state index in [4.69, 9.17) is 0 Å². The lowest BCUT2D eigenvalue weighted by atomic mass is 9.60. The van der Waals surface area contributed by atoms with Crippen LogP contribution in [0.3, 0.4) is 0 Å². The maximum atomic E-state index is 15.1. The zero-order chi connectivity index (χ0) is 23.0. The number of aliphatic hydroxyl groups excluding tert-OH is 1. The number of aliphatic hydroxyl groups is 2. The van der Waals surface area contributed by atoms with E-state index in [9.17, 15) is 10.2 Å². The molecule has 2 N–H and O–H groups in total. The third-order valence-corrected chi connectivity index (χ3v) is 8.57. The quantitative estimate of drug-likeness (QED) is 0.471. The number of halogens is 2. The van der Waals surface area contributed by atoms with Crippen molar-refractivity contribution >= 4 is 0 Å². The van der Waals surface area contributed by atoms with Gasteiger partial charge in [0.25, 0.3) is 5.92 Å². The molecule has 0 heterocycles.